The maximum Gasteiger partial charge on any atom is 0.406 e. The summed E-state index contributed by atoms with van der Waals surface area (Å²) >= 11 is 3.19. The van der Waals surface area contributed by atoms with Gasteiger partial charge in [-0.15, -0.1) is 0 Å². The Kier molecular flexibility index (Phi) is 4.12. The number of pyridine rings is 1. The van der Waals surface area contributed by atoms with Crippen molar-refractivity contribution in [2.45, 2.75) is 12.7 Å². The number of anilines is 1. The maximum absolute atomic E-state index is 12.4. The van der Waals surface area contributed by atoms with Crippen LogP contribution in [0.15, 0.2) is 41.1 Å². The molecule has 0 bridgehead atoms. The van der Waals surface area contributed by atoms with Gasteiger partial charge in [-0.05, 0) is 40.2 Å². The first-order valence-electron chi connectivity index (χ1n) is 5.50. The van der Waals surface area contributed by atoms with Crippen LogP contribution in [0.2, 0.25) is 0 Å². The molecule has 0 saturated heterocycles. The third-order valence-electron chi connectivity index (χ3n) is 2.38. The zero-order chi connectivity index (χ0) is 14.8. The predicted molar refractivity (Wildman–Crippen MR) is 70.4 cm³/mol. The van der Waals surface area contributed by atoms with Crippen molar-refractivity contribution >= 4 is 27.7 Å². The van der Waals surface area contributed by atoms with Gasteiger partial charge in [0.05, 0.1) is 0 Å². The molecule has 20 heavy (non-hydrogen) atoms. The standard InChI is InChI=1S/C12H9BrF3N3O/c13-8-3-4-10(17-6-8)18-11(20)9-2-1-5-19(9)7-12(14,15)16/h1-6H,7H2,(H,17,18,20). The molecule has 0 radical (unpaired) electrons. The Morgan fingerprint density at radius 1 is 1.35 bits per heavy atom. The third kappa shape index (κ3) is 3.83. The second kappa shape index (κ2) is 5.66. The average molecular weight is 348 g/mol. The Morgan fingerprint density at radius 3 is 2.70 bits per heavy atom. The van der Waals surface area contributed by atoms with Crippen LogP contribution in [0.5, 0.6) is 0 Å². The van der Waals surface area contributed by atoms with E-state index in [-0.39, 0.29) is 11.5 Å². The van der Waals surface area contributed by atoms with Crippen LogP contribution in [0.25, 0.3) is 0 Å². The molecule has 1 N–H and O–H groups in total. The lowest BCUT2D eigenvalue weighted by molar-refractivity contribution is -0.140. The lowest BCUT2D eigenvalue weighted by atomic mass is 10.3. The molecule has 2 heterocycles. The zero-order valence-corrected chi connectivity index (χ0v) is 11.6. The van der Waals surface area contributed by atoms with E-state index in [1.165, 1.54) is 24.5 Å². The normalized spacial score (nSPS) is 11.4. The average Bonchev–Trinajstić information content (AvgIpc) is 2.78. The number of halogens is 4. The van der Waals surface area contributed by atoms with Crippen molar-refractivity contribution in [1.29, 1.82) is 0 Å². The summed E-state index contributed by atoms with van der Waals surface area (Å²) in [6.07, 6.45) is -1.70. The van der Waals surface area contributed by atoms with Crippen molar-refractivity contribution < 1.29 is 18.0 Å². The van der Waals surface area contributed by atoms with E-state index in [1.807, 2.05) is 0 Å². The van der Waals surface area contributed by atoms with Gasteiger partial charge in [-0.3, -0.25) is 4.79 Å². The highest BCUT2D eigenvalue weighted by Gasteiger charge is 2.29. The van der Waals surface area contributed by atoms with Gasteiger partial charge >= 0.3 is 6.18 Å². The number of nitrogens with zero attached hydrogens (tertiary/aromatic N) is 2. The minimum absolute atomic E-state index is 0.0768. The van der Waals surface area contributed by atoms with E-state index in [9.17, 15) is 18.0 Å². The number of amides is 1. The fraction of sp³-hybridized carbons (Fsp3) is 0.167. The first-order valence-corrected chi connectivity index (χ1v) is 6.29. The van der Waals surface area contributed by atoms with E-state index in [1.54, 1.807) is 12.1 Å². The monoisotopic (exact) mass is 347 g/mol. The number of nitrogens with one attached hydrogen (secondary N) is 1. The summed E-state index contributed by atoms with van der Waals surface area (Å²) in [7, 11) is 0. The smallest absolute Gasteiger partial charge is 0.334 e. The van der Waals surface area contributed by atoms with Gasteiger partial charge < -0.3 is 9.88 Å². The molecular weight excluding hydrogens is 339 g/mol. The summed E-state index contributed by atoms with van der Waals surface area (Å²) in [4.78, 5) is 15.8. The van der Waals surface area contributed by atoms with E-state index in [2.05, 4.69) is 26.2 Å². The molecule has 1 amide bonds. The predicted octanol–water partition coefficient (Wildman–Crippen LogP) is 3.46. The summed E-state index contributed by atoms with van der Waals surface area (Å²) in [5.41, 5.74) is -0.0768. The van der Waals surface area contributed by atoms with Gasteiger partial charge in [0.25, 0.3) is 5.91 Å². The number of aromatic nitrogens is 2. The van der Waals surface area contributed by atoms with E-state index < -0.39 is 18.6 Å². The molecular formula is C12H9BrF3N3O. The van der Waals surface area contributed by atoms with Gasteiger partial charge in [-0.25, -0.2) is 4.98 Å². The Labute approximate surface area is 120 Å². The minimum Gasteiger partial charge on any atom is -0.334 e. The second-order valence-corrected chi connectivity index (χ2v) is 4.87. The van der Waals surface area contributed by atoms with Crippen LogP contribution in [0, 0.1) is 0 Å². The highest BCUT2D eigenvalue weighted by molar-refractivity contribution is 9.10. The summed E-state index contributed by atoms with van der Waals surface area (Å²) in [6.45, 7) is -1.21. The Bertz CT molecular complexity index is 607. The summed E-state index contributed by atoms with van der Waals surface area (Å²) in [5.74, 6) is -0.382. The van der Waals surface area contributed by atoms with Gasteiger partial charge in [-0.2, -0.15) is 13.2 Å². The van der Waals surface area contributed by atoms with E-state index in [0.29, 0.717) is 0 Å². The SMILES string of the molecule is O=C(Nc1ccc(Br)cn1)c1cccn1CC(F)(F)F. The lowest BCUT2D eigenvalue weighted by Crippen LogP contribution is -2.23. The summed E-state index contributed by atoms with van der Waals surface area (Å²) < 4.78 is 38.7. The summed E-state index contributed by atoms with van der Waals surface area (Å²) in [6, 6.07) is 5.91. The van der Waals surface area contributed by atoms with Gasteiger partial charge in [0.1, 0.15) is 18.1 Å². The molecule has 0 unspecified atom stereocenters. The molecule has 0 aliphatic heterocycles. The molecule has 0 spiro atoms. The number of hydrogen-bond acceptors (Lipinski definition) is 2. The fourth-order valence-corrected chi connectivity index (χ4v) is 1.82. The van der Waals surface area contributed by atoms with E-state index in [0.717, 1.165) is 9.04 Å². The molecule has 0 aliphatic rings. The van der Waals surface area contributed by atoms with Crippen LogP contribution < -0.4 is 5.32 Å². The van der Waals surface area contributed by atoms with Crippen LogP contribution in [-0.4, -0.2) is 21.6 Å². The molecule has 106 valence electrons. The fourth-order valence-electron chi connectivity index (χ4n) is 1.58. The lowest BCUT2D eigenvalue weighted by Gasteiger charge is -2.11. The van der Waals surface area contributed by atoms with Crippen LogP contribution in [0.4, 0.5) is 19.0 Å². The molecule has 2 aromatic heterocycles. The number of carbonyl (C=O) groups is 1. The third-order valence-corrected chi connectivity index (χ3v) is 2.85. The van der Waals surface area contributed by atoms with Crippen LogP contribution in [-0.2, 0) is 6.54 Å². The van der Waals surface area contributed by atoms with Crippen LogP contribution >= 0.6 is 15.9 Å². The van der Waals surface area contributed by atoms with Gasteiger partial charge in [0.2, 0.25) is 0 Å². The molecule has 2 aromatic rings. The van der Waals surface area contributed by atoms with E-state index in [4.69, 9.17) is 0 Å². The van der Waals surface area contributed by atoms with Gasteiger partial charge in [0.15, 0.2) is 0 Å². The first kappa shape index (κ1) is 14.6. The largest absolute Gasteiger partial charge is 0.406 e. The Morgan fingerprint density at radius 2 is 2.10 bits per heavy atom. The van der Waals surface area contributed by atoms with Crippen molar-refractivity contribution in [3.05, 3.63) is 46.8 Å². The number of alkyl halides is 3. The highest BCUT2D eigenvalue weighted by Crippen LogP contribution is 2.19. The number of hydrogen-bond donors (Lipinski definition) is 1. The molecule has 0 atom stereocenters. The Balaban J connectivity index is 2.14. The van der Waals surface area contributed by atoms with Crippen LogP contribution in [0.1, 0.15) is 10.5 Å². The second-order valence-electron chi connectivity index (χ2n) is 3.95. The van der Waals surface area contributed by atoms with Crippen molar-refractivity contribution in [1.82, 2.24) is 9.55 Å². The molecule has 4 nitrogen and oxygen atoms in total. The Hall–Kier alpha value is -1.83. The van der Waals surface area contributed by atoms with Crippen molar-refractivity contribution in [2.75, 3.05) is 5.32 Å². The topological polar surface area (TPSA) is 46.9 Å². The molecule has 0 fully saturated rings. The van der Waals surface area contributed by atoms with Gasteiger partial charge in [-0.1, -0.05) is 0 Å². The number of carbonyl (C=O) groups excluding carboxylic acids is 1. The highest BCUT2D eigenvalue weighted by atomic mass is 79.9. The molecule has 0 aliphatic carbocycles. The van der Waals surface area contributed by atoms with E-state index >= 15 is 0 Å². The zero-order valence-electron chi connectivity index (χ0n) is 9.99. The van der Waals surface area contributed by atoms with Crippen LogP contribution in [0.3, 0.4) is 0 Å². The number of rotatable bonds is 3. The molecule has 8 heteroatoms. The molecule has 0 saturated carbocycles. The minimum atomic E-state index is -4.39. The maximum atomic E-state index is 12.4. The quantitative estimate of drug-likeness (QED) is 0.924. The van der Waals surface area contributed by atoms with Crippen molar-refractivity contribution in [3.63, 3.8) is 0 Å². The first-order chi connectivity index (χ1) is 9.35. The molecule has 0 aromatic carbocycles. The summed E-state index contributed by atoms with van der Waals surface area (Å²) in [5, 5.41) is 2.44. The molecule has 2 rings (SSSR count). The van der Waals surface area contributed by atoms with Crippen molar-refractivity contribution in [2.24, 2.45) is 0 Å². The van der Waals surface area contributed by atoms with Gasteiger partial charge in [0, 0.05) is 16.9 Å². The van der Waals surface area contributed by atoms with Crippen molar-refractivity contribution in [3.8, 4) is 0 Å².